The van der Waals surface area contributed by atoms with Gasteiger partial charge in [-0.1, -0.05) is 18.2 Å². The summed E-state index contributed by atoms with van der Waals surface area (Å²) in [6.45, 7) is 7.13. The SMILES string of the molecule is CCOc1ccc(OCC)c(NC(=O)CN(C)C(C)c2cc3ccccc3o2)c1. The van der Waals surface area contributed by atoms with Crippen LogP contribution in [0.3, 0.4) is 0 Å². The highest BCUT2D eigenvalue weighted by Gasteiger charge is 2.19. The smallest absolute Gasteiger partial charge is 0.238 e. The summed E-state index contributed by atoms with van der Waals surface area (Å²) in [6, 6.07) is 15.3. The van der Waals surface area contributed by atoms with Gasteiger partial charge in [0, 0.05) is 11.5 Å². The highest BCUT2D eigenvalue weighted by Crippen LogP contribution is 2.30. The van der Waals surface area contributed by atoms with Gasteiger partial charge in [0.25, 0.3) is 0 Å². The van der Waals surface area contributed by atoms with Crippen LogP contribution in [0.4, 0.5) is 5.69 Å². The fourth-order valence-electron chi connectivity index (χ4n) is 3.12. The van der Waals surface area contributed by atoms with E-state index in [0.717, 1.165) is 16.7 Å². The third-order valence-electron chi connectivity index (χ3n) is 4.75. The number of hydrogen-bond acceptors (Lipinski definition) is 5. The Hall–Kier alpha value is -2.99. The summed E-state index contributed by atoms with van der Waals surface area (Å²) in [5.41, 5.74) is 1.45. The predicted molar refractivity (Wildman–Crippen MR) is 115 cm³/mol. The number of amides is 1. The summed E-state index contributed by atoms with van der Waals surface area (Å²) in [5, 5.41) is 4.00. The number of ether oxygens (including phenoxy) is 2. The van der Waals surface area contributed by atoms with E-state index in [1.165, 1.54) is 0 Å². The minimum absolute atomic E-state index is 0.0470. The maximum absolute atomic E-state index is 12.7. The van der Waals surface area contributed by atoms with E-state index >= 15 is 0 Å². The van der Waals surface area contributed by atoms with Gasteiger partial charge in [-0.05, 0) is 52.1 Å². The van der Waals surface area contributed by atoms with Crippen molar-refractivity contribution in [2.75, 3.05) is 32.1 Å². The van der Waals surface area contributed by atoms with Gasteiger partial charge in [-0.15, -0.1) is 0 Å². The number of para-hydroxylation sites is 1. The Balaban J connectivity index is 1.68. The van der Waals surface area contributed by atoms with Gasteiger partial charge >= 0.3 is 0 Å². The molecule has 0 aliphatic carbocycles. The van der Waals surface area contributed by atoms with Gasteiger partial charge in [-0.2, -0.15) is 0 Å². The second-order valence-electron chi connectivity index (χ2n) is 6.85. The molecular formula is C23H28N2O4. The average Bonchev–Trinajstić information content (AvgIpc) is 3.13. The van der Waals surface area contributed by atoms with Crippen LogP contribution in [0.15, 0.2) is 52.9 Å². The molecular weight excluding hydrogens is 368 g/mol. The van der Waals surface area contributed by atoms with Crippen LogP contribution in [0.2, 0.25) is 0 Å². The van der Waals surface area contributed by atoms with E-state index in [-0.39, 0.29) is 18.5 Å². The molecule has 154 valence electrons. The molecule has 29 heavy (non-hydrogen) atoms. The molecule has 0 aliphatic heterocycles. The number of carbonyl (C=O) groups excluding carboxylic acids is 1. The first-order valence-electron chi connectivity index (χ1n) is 9.90. The highest BCUT2D eigenvalue weighted by atomic mass is 16.5. The van der Waals surface area contributed by atoms with Crippen LogP contribution in [0.25, 0.3) is 11.0 Å². The number of nitrogens with one attached hydrogen (secondary N) is 1. The molecule has 6 nitrogen and oxygen atoms in total. The first-order valence-corrected chi connectivity index (χ1v) is 9.90. The number of nitrogens with zero attached hydrogens (tertiary/aromatic N) is 1. The van der Waals surface area contributed by atoms with E-state index in [4.69, 9.17) is 13.9 Å². The van der Waals surface area contributed by atoms with Crippen LogP contribution in [-0.4, -0.2) is 37.6 Å². The molecule has 0 saturated heterocycles. The number of benzene rings is 2. The maximum atomic E-state index is 12.7. The lowest BCUT2D eigenvalue weighted by molar-refractivity contribution is -0.117. The molecule has 0 bridgehead atoms. The molecule has 0 aliphatic rings. The Morgan fingerprint density at radius 3 is 2.59 bits per heavy atom. The van der Waals surface area contributed by atoms with Crippen molar-refractivity contribution in [2.24, 2.45) is 0 Å². The van der Waals surface area contributed by atoms with Crippen molar-refractivity contribution >= 4 is 22.6 Å². The summed E-state index contributed by atoms with van der Waals surface area (Å²) >= 11 is 0. The first kappa shape index (κ1) is 20.7. The normalized spacial score (nSPS) is 12.2. The standard InChI is InChI=1S/C23H28N2O4/c1-5-27-18-11-12-21(28-6-2)19(14-18)24-23(26)15-25(4)16(3)22-13-17-9-7-8-10-20(17)29-22/h7-14,16H,5-6,15H2,1-4H3,(H,24,26). The van der Waals surface area contributed by atoms with Gasteiger partial charge in [0.05, 0.1) is 31.5 Å². The second kappa shape index (κ2) is 9.47. The number of hydrogen-bond donors (Lipinski definition) is 1. The van der Waals surface area contributed by atoms with E-state index in [2.05, 4.69) is 5.32 Å². The van der Waals surface area contributed by atoms with Crippen molar-refractivity contribution < 1.29 is 18.7 Å². The van der Waals surface area contributed by atoms with Gasteiger partial charge in [-0.3, -0.25) is 9.69 Å². The molecule has 0 fully saturated rings. The molecule has 1 heterocycles. The van der Waals surface area contributed by atoms with Gasteiger partial charge in [-0.25, -0.2) is 0 Å². The highest BCUT2D eigenvalue weighted by molar-refractivity contribution is 5.94. The van der Waals surface area contributed by atoms with Crippen LogP contribution in [0.1, 0.15) is 32.6 Å². The molecule has 1 N–H and O–H groups in total. The minimum Gasteiger partial charge on any atom is -0.494 e. The summed E-state index contributed by atoms with van der Waals surface area (Å²) in [5.74, 6) is 2.01. The summed E-state index contributed by atoms with van der Waals surface area (Å²) in [6.07, 6.45) is 0. The van der Waals surface area contributed by atoms with E-state index < -0.39 is 0 Å². The molecule has 1 amide bonds. The zero-order valence-corrected chi connectivity index (χ0v) is 17.4. The van der Waals surface area contributed by atoms with Crippen LogP contribution in [-0.2, 0) is 4.79 Å². The third kappa shape index (κ3) is 5.09. The van der Waals surface area contributed by atoms with Crippen molar-refractivity contribution in [3.05, 3.63) is 54.3 Å². The summed E-state index contributed by atoms with van der Waals surface area (Å²) in [4.78, 5) is 14.6. The van der Waals surface area contributed by atoms with E-state index in [9.17, 15) is 4.79 Å². The predicted octanol–water partition coefficient (Wildman–Crippen LogP) is 4.86. The molecule has 2 aromatic carbocycles. The third-order valence-corrected chi connectivity index (χ3v) is 4.75. The molecule has 6 heteroatoms. The lowest BCUT2D eigenvalue weighted by atomic mass is 10.2. The number of furan rings is 1. The molecule has 0 saturated carbocycles. The monoisotopic (exact) mass is 396 g/mol. The number of fused-ring (bicyclic) bond motifs is 1. The largest absolute Gasteiger partial charge is 0.494 e. The minimum atomic E-state index is -0.134. The van der Waals surface area contributed by atoms with Crippen LogP contribution >= 0.6 is 0 Å². The molecule has 1 aromatic heterocycles. The zero-order chi connectivity index (χ0) is 20.8. The van der Waals surface area contributed by atoms with Crippen LogP contribution < -0.4 is 14.8 Å². The Morgan fingerprint density at radius 1 is 1.10 bits per heavy atom. The maximum Gasteiger partial charge on any atom is 0.238 e. The quantitative estimate of drug-likeness (QED) is 0.559. The Bertz CT molecular complexity index is 933. The Labute approximate surface area is 171 Å². The Morgan fingerprint density at radius 2 is 1.86 bits per heavy atom. The fourth-order valence-corrected chi connectivity index (χ4v) is 3.12. The van der Waals surface area contributed by atoms with Gasteiger partial charge in [0.1, 0.15) is 22.8 Å². The van der Waals surface area contributed by atoms with E-state index in [1.54, 1.807) is 6.07 Å². The van der Waals surface area contributed by atoms with Crippen LogP contribution in [0, 0.1) is 0 Å². The lowest BCUT2D eigenvalue weighted by Gasteiger charge is -2.22. The fraction of sp³-hybridized carbons (Fsp3) is 0.348. The zero-order valence-electron chi connectivity index (χ0n) is 17.4. The van der Waals surface area contributed by atoms with Gasteiger partial charge in [0.2, 0.25) is 5.91 Å². The summed E-state index contributed by atoms with van der Waals surface area (Å²) < 4.78 is 17.1. The van der Waals surface area contributed by atoms with E-state index in [1.807, 2.05) is 75.2 Å². The number of anilines is 1. The van der Waals surface area contributed by atoms with Crippen molar-refractivity contribution in [3.8, 4) is 11.5 Å². The number of carbonyl (C=O) groups is 1. The van der Waals surface area contributed by atoms with Crippen molar-refractivity contribution in [1.82, 2.24) is 4.90 Å². The molecule has 0 spiro atoms. The van der Waals surface area contributed by atoms with E-state index in [0.29, 0.717) is 30.4 Å². The van der Waals surface area contributed by atoms with Crippen molar-refractivity contribution in [1.29, 1.82) is 0 Å². The molecule has 1 unspecified atom stereocenters. The Kier molecular flexibility index (Phi) is 6.77. The number of rotatable bonds is 9. The van der Waals surface area contributed by atoms with Crippen molar-refractivity contribution in [3.63, 3.8) is 0 Å². The lowest BCUT2D eigenvalue weighted by Crippen LogP contribution is -2.32. The van der Waals surface area contributed by atoms with Crippen LogP contribution in [0.5, 0.6) is 11.5 Å². The van der Waals surface area contributed by atoms with Gasteiger partial charge < -0.3 is 19.2 Å². The van der Waals surface area contributed by atoms with Gasteiger partial charge in [0.15, 0.2) is 0 Å². The molecule has 3 aromatic rings. The first-order chi connectivity index (χ1) is 14.0. The average molecular weight is 396 g/mol. The molecule has 3 rings (SSSR count). The molecule has 1 atom stereocenters. The number of likely N-dealkylation sites (N-methyl/N-ethyl adjacent to an activating group) is 1. The van der Waals surface area contributed by atoms with Crippen molar-refractivity contribution in [2.45, 2.75) is 26.8 Å². The molecule has 0 radical (unpaired) electrons. The topological polar surface area (TPSA) is 63.9 Å². The second-order valence-corrected chi connectivity index (χ2v) is 6.85. The summed E-state index contributed by atoms with van der Waals surface area (Å²) in [7, 11) is 1.90.